The summed E-state index contributed by atoms with van der Waals surface area (Å²) in [5.74, 6) is 0. The van der Waals surface area contributed by atoms with Gasteiger partial charge in [-0.15, -0.1) is 0 Å². The van der Waals surface area contributed by atoms with Crippen LogP contribution in [0.4, 0.5) is 0 Å². The molecule has 148 valence electrons. The number of hydrogen-bond acceptors (Lipinski definition) is 0. The van der Waals surface area contributed by atoms with Crippen LogP contribution in [0.2, 0.25) is 18.6 Å². The van der Waals surface area contributed by atoms with Crippen LogP contribution in [0.5, 0.6) is 0 Å². The first kappa shape index (κ1) is 19.8. The Morgan fingerprint density at radius 3 is 2.21 bits per heavy atom. The molecule has 0 spiro atoms. The van der Waals surface area contributed by atoms with E-state index in [9.17, 15) is 0 Å². The van der Waals surface area contributed by atoms with Gasteiger partial charge < -0.3 is 0 Å². The van der Waals surface area contributed by atoms with Gasteiger partial charge in [-0.2, -0.15) is 0 Å². The number of allylic oxidation sites excluding steroid dienone is 4. The monoisotopic (exact) mass is 432 g/mol. The molecule has 2 heteroatoms. The fourth-order valence-corrected chi connectivity index (χ4v) is 13.1. The molecule has 1 unspecified atom stereocenters. The van der Waals surface area contributed by atoms with Gasteiger partial charge in [0.25, 0.3) is 0 Å². The van der Waals surface area contributed by atoms with E-state index in [-0.39, 0.29) is 24.6 Å². The summed E-state index contributed by atoms with van der Waals surface area (Å²) in [4.78, 5) is 0. The van der Waals surface area contributed by atoms with Crippen molar-refractivity contribution in [1.29, 1.82) is 0 Å². The summed E-state index contributed by atoms with van der Waals surface area (Å²) < 4.78 is 3.48. The third-order valence-corrected chi connectivity index (χ3v) is 16.5. The van der Waals surface area contributed by atoms with E-state index in [1.165, 1.54) is 24.1 Å². The molecule has 0 nitrogen and oxygen atoms in total. The molecular formula is C27H32SiTi. The third kappa shape index (κ3) is 2.74. The molecule has 0 N–H and O–H groups in total. The van der Waals surface area contributed by atoms with Crippen LogP contribution in [0, 0.1) is 5.41 Å². The Balaban J connectivity index is 1.66. The average molecular weight is 433 g/mol. The zero-order chi connectivity index (χ0) is 20.6. The van der Waals surface area contributed by atoms with Crippen molar-refractivity contribution in [3.8, 4) is 11.1 Å². The van der Waals surface area contributed by atoms with Crippen LogP contribution in [0.25, 0.3) is 11.1 Å². The molecule has 2 aromatic carbocycles. The van der Waals surface area contributed by atoms with Crippen molar-refractivity contribution in [2.45, 2.75) is 65.2 Å². The van der Waals surface area contributed by atoms with Crippen molar-refractivity contribution in [3.05, 3.63) is 74.2 Å². The summed E-state index contributed by atoms with van der Waals surface area (Å²) in [5, 5.41) is 0. The molecule has 2 aromatic rings. The summed E-state index contributed by atoms with van der Waals surface area (Å²) in [7, 11) is -1.24. The first-order valence-electron chi connectivity index (χ1n) is 11.1. The average Bonchev–Trinajstić information content (AvgIpc) is 3.09. The summed E-state index contributed by atoms with van der Waals surface area (Å²) in [6.07, 6.45) is 1.45. The fourth-order valence-electron chi connectivity index (χ4n) is 6.10. The molecule has 3 aliphatic rings. The van der Waals surface area contributed by atoms with E-state index in [1.54, 1.807) is 41.2 Å². The van der Waals surface area contributed by atoms with Crippen molar-refractivity contribution < 1.29 is 19.2 Å². The zero-order valence-corrected chi connectivity index (χ0v) is 21.3. The third-order valence-electron chi connectivity index (χ3n) is 8.47. The Kier molecular flexibility index (Phi) is 4.56. The minimum atomic E-state index is -1.24. The molecule has 1 aliphatic heterocycles. The van der Waals surface area contributed by atoms with Crippen LogP contribution in [0.1, 0.15) is 57.7 Å². The summed E-state index contributed by atoms with van der Waals surface area (Å²) in [5.41, 5.74) is 12.2. The van der Waals surface area contributed by atoms with Crippen molar-refractivity contribution in [2.24, 2.45) is 5.41 Å². The quantitative estimate of drug-likeness (QED) is 0.451. The molecular weight excluding hydrogens is 400 g/mol. The SMILES string of the molecule is CC1=C(C)C(C)(C)[C]([Ti][c]2cccc3c2C([Si]2(C)CCC2)c2ccccc2-3)=C1C. The molecule has 0 radical (unpaired) electrons. The second-order valence-electron chi connectivity index (χ2n) is 10.3. The predicted octanol–water partition coefficient (Wildman–Crippen LogP) is 7.18. The van der Waals surface area contributed by atoms with Gasteiger partial charge >= 0.3 is 187 Å². The van der Waals surface area contributed by atoms with E-state index < -0.39 is 8.07 Å². The fraction of sp³-hybridized carbons (Fsp3) is 0.407. The Hall–Kier alpha value is -1.15. The number of hydrogen-bond donors (Lipinski definition) is 0. The van der Waals surface area contributed by atoms with E-state index in [2.05, 4.69) is 83.6 Å². The van der Waals surface area contributed by atoms with Gasteiger partial charge in [0.05, 0.1) is 0 Å². The van der Waals surface area contributed by atoms with Gasteiger partial charge in [-0.25, -0.2) is 0 Å². The van der Waals surface area contributed by atoms with E-state index in [0.29, 0.717) is 0 Å². The van der Waals surface area contributed by atoms with Gasteiger partial charge in [-0.3, -0.25) is 0 Å². The number of benzene rings is 2. The Morgan fingerprint density at radius 1 is 0.897 bits per heavy atom. The van der Waals surface area contributed by atoms with Crippen molar-refractivity contribution in [3.63, 3.8) is 0 Å². The molecule has 0 bridgehead atoms. The zero-order valence-electron chi connectivity index (χ0n) is 18.7. The first-order valence-corrected chi connectivity index (χ1v) is 15.7. The molecule has 1 atom stereocenters. The normalized spacial score (nSPS) is 23.7. The standard InChI is InChI=1S/C17H17Si.C10H15.Ti/c1-18(11-6-12-18)17-15-9-4-2-7-13(15)14-8-3-5-10-16(14)17;1-7-6-10(4,5)9(3)8(7)2;/h2-5,7-9,17H,6,11-12H2,1H3;1-5H3;. The van der Waals surface area contributed by atoms with Gasteiger partial charge in [0.2, 0.25) is 0 Å². The first-order chi connectivity index (χ1) is 13.8. The molecule has 5 rings (SSSR count). The van der Waals surface area contributed by atoms with Crippen LogP contribution in [-0.4, -0.2) is 8.07 Å². The van der Waals surface area contributed by atoms with Crippen LogP contribution < -0.4 is 3.87 Å². The van der Waals surface area contributed by atoms with Gasteiger partial charge in [0.1, 0.15) is 0 Å². The minimum absolute atomic E-state index is 0.232. The molecule has 2 aliphatic carbocycles. The van der Waals surface area contributed by atoms with Gasteiger partial charge in [-0.1, -0.05) is 0 Å². The van der Waals surface area contributed by atoms with E-state index in [0.717, 1.165) is 5.54 Å². The molecule has 1 saturated heterocycles. The van der Waals surface area contributed by atoms with Gasteiger partial charge in [-0.05, 0) is 0 Å². The van der Waals surface area contributed by atoms with Crippen molar-refractivity contribution >= 4 is 11.9 Å². The number of fused-ring (bicyclic) bond motifs is 3. The molecule has 0 aromatic heterocycles. The van der Waals surface area contributed by atoms with Gasteiger partial charge in [0, 0.05) is 0 Å². The van der Waals surface area contributed by atoms with E-state index in [1.807, 2.05) is 0 Å². The van der Waals surface area contributed by atoms with Crippen molar-refractivity contribution in [1.82, 2.24) is 0 Å². The number of rotatable bonds is 3. The Bertz CT molecular complexity index is 1080. The second-order valence-corrected chi connectivity index (χ2v) is 17.2. The Labute approximate surface area is 186 Å². The maximum atomic E-state index is 2.68. The molecule has 29 heavy (non-hydrogen) atoms. The second kappa shape index (κ2) is 6.67. The van der Waals surface area contributed by atoms with E-state index in [4.69, 9.17) is 0 Å². The summed E-state index contributed by atoms with van der Waals surface area (Å²) in [6, 6.07) is 19.6. The molecule has 1 fully saturated rings. The van der Waals surface area contributed by atoms with Crippen LogP contribution >= 0.6 is 0 Å². The maximum absolute atomic E-state index is 2.68. The van der Waals surface area contributed by atoms with Crippen molar-refractivity contribution in [2.75, 3.05) is 0 Å². The molecule has 0 saturated carbocycles. The van der Waals surface area contributed by atoms with Crippen LogP contribution in [0.15, 0.2) is 63.1 Å². The predicted molar refractivity (Wildman–Crippen MR) is 124 cm³/mol. The summed E-state index contributed by atoms with van der Waals surface area (Å²) in [6.45, 7) is 14.7. The molecule has 0 amide bonds. The Morgan fingerprint density at radius 2 is 1.59 bits per heavy atom. The van der Waals surface area contributed by atoms with Crippen LogP contribution in [-0.2, 0) is 19.2 Å². The summed E-state index contributed by atoms with van der Waals surface area (Å²) >= 11 is -0.339. The van der Waals surface area contributed by atoms with Crippen LogP contribution in [0.3, 0.4) is 0 Å². The van der Waals surface area contributed by atoms with E-state index >= 15 is 0 Å². The van der Waals surface area contributed by atoms with Gasteiger partial charge in [0.15, 0.2) is 0 Å². The molecule has 1 heterocycles. The topological polar surface area (TPSA) is 0 Å².